The van der Waals surface area contributed by atoms with Crippen LogP contribution in [0.5, 0.6) is 0 Å². The summed E-state index contributed by atoms with van der Waals surface area (Å²) in [5.41, 5.74) is 2.50. The predicted octanol–water partition coefficient (Wildman–Crippen LogP) is 4.74. The van der Waals surface area contributed by atoms with Gasteiger partial charge in [-0.1, -0.05) is 41.0 Å². The van der Waals surface area contributed by atoms with Crippen LogP contribution >= 0.6 is 11.6 Å². The van der Waals surface area contributed by atoms with Crippen LogP contribution in [0.15, 0.2) is 76.0 Å². The Bertz CT molecular complexity index is 1670. The lowest BCUT2D eigenvalue weighted by molar-refractivity contribution is -0.115. The number of aromatic amines is 2. The van der Waals surface area contributed by atoms with Crippen molar-refractivity contribution in [2.24, 2.45) is 0 Å². The van der Waals surface area contributed by atoms with Crippen molar-refractivity contribution in [2.45, 2.75) is 6.42 Å². The van der Waals surface area contributed by atoms with Gasteiger partial charge in [-0.05, 0) is 48.0 Å². The molecule has 0 aliphatic carbocycles. The highest BCUT2D eigenvalue weighted by Crippen LogP contribution is 2.29. The van der Waals surface area contributed by atoms with Crippen molar-refractivity contribution in [3.8, 4) is 11.4 Å². The van der Waals surface area contributed by atoms with Crippen molar-refractivity contribution < 1.29 is 18.5 Å². The van der Waals surface area contributed by atoms with Gasteiger partial charge >= 0.3 is 5.76 Å². The van der Waals surface area contributed by atoms with Crippen LogP contribution in [-0.2, 0) is 11.2 Å². The van der Waals surface area contributed by atoms with Gasteiger partial charge in [-0.2, -0.15) is 0 Å². The second-order valence-electron chi connectivity index (χ2n) is 7.90. The number of para-hydroxylation sites is 1. The van der Waals surface area contributed by atoms with Gasteiger partial charge in [-0.25, -0.2) is 9.18 Å². The minimum atomic E-state index is -0.746. The molecule has 0 fully saturated rings. The Labute approximate surface area is 207 Å². The van der Waals surface area contributed by atoms with Crippen LogP contribution in [-0.4, -0.2) is 26.9 Å². The Kier molecular flexibility index (Phi) is 6.09. The number of fused-ring (bicyclic) bond motifs is 1. The van der Waals surface area contributed by atoms with Crippen molar-refractivity contribution >= 4 is 45.7 Å². The van der Waals surface area contributed by atoms with Crippen molar-refractivity contribution in [3.05, 3.63) is 99.4 Å². The number of aromatic nitrogens is 3. The van der Waals surface area contributed by atoms with E-state index in [9.17, 15) is 18.8 Å². The number of anilines is 2. The van der Waals surface area contributed by atoms with Crippen molar-refractivity contribution in [2.75, 3.05) is 10.6 Å². The summed E-state index contributed by atoms with van der Waals surface area (Å²) in [7, 11) is 0. The van der Waals surface area contributed by atoms with Crippen LogP contribution in [0.1, 0.15) is 16.1 Å². The van der Waals surface area contributed by atoms with Gasteiger partial charge in [0.25, 0.3) is 5.91 Å². The molecule has 0 atom stereocenters. The SMILES string of the molecule is O=C(Cc1cccc(F)c1)Nc1cccc2cc(C(=O)Nc3ccc(Cl)cc3-c3noc(=O)[nH]3)[nH]c12. The van der Waals surface area contributed by atoms with Gasteiger partial charge < -0.3 is 15.6 Å². The summed E-state index contributed by atoms with van der Waals surface area (Å²) >= 11 is 6.08. The number of nitrogens with zero attached hydrogens (tertiary/aromatic N) is 1. The van der Waals surface area contributed by atoms with Crippen molar-refractivity contribution in [1.82, 2.24) is 15.1 Å². The summed E-state index contributed by atoms with van der Waals surface area (Å²) in [5, 5.41) is 10.3. The molecule has 5 aromatic rings. The fourth-order valence-electron chi connectivity index (χ4n) is 3.77. The van der Waals surface area contributed by atoms with Crippen LogP contribution in [0.2, 0.25) is 5.02 Å². The molecule has 0 unspecified atom stereocenters. The van der Waals surface area contributed by atoms with Gasteiger partial charge in [-0.3, -0.25) is 19.1 Å². The summed E-state index contributed by atoms with van der Waals surface area (Å²) < 4.78 is 18.0. The lowest BCUT2D eigenvalue weighted by Gasteiger charge is -2.09. The third kappa shape index (κ3) is 4.89. The molecule has 9 nitrogen and oxygen atoms in total. The number of benzene rings is 3. The molecule has 2 aromatic heterocycles. The molecule has 0 saturated heterocycles. The fraction of sp³-hybridized carbons (Fsp3) is 0.0400. The molecule has 3 aromatic carbocycles. The normalized spacial score (nSPS) is 10.9. The molecule has 0 spiro atoms. The highest BCUT2D eigenvalue weighted by Gasteiger charge is 2.17. The highest BCUT2D eigenvalue weighted by atomic mass is 35.5. The molecule has 0 aliphatic rings. The summed E-state index contributed by atoms with van der Waals surface area (Å²) in [6, 6.07) is 17.4. The number of carbonyl (C=O) groups is 2. The van der Waals surface area contributed by atoms with E-state index in [0.717, 1.165) is 0 Å². The number of amides is 2. The molecule has 0 saturated carbocycles. The third-order valence-electron chi connectivity index (χ3n) is 5.35. The van der Waals surface area contributed by atoms with Crippen LogP contribution in [0.25, 0.3) is 22.3 Å². The second-order valence-corrected chi connectivity index (χ2v) is 8.33. The van der Waals surface area contributed by atoms with E-state index < -0.39 is 17.5 Å². The number of hydrogen-bond acceptors (Lipinski definition) is 5. The zero-order valence-electron chi connectivity index (χ0n) is 18.4. The third-order valence-corrected chi connectivity index (χ3v) is 5.59. The molecular formula is C25H17ClFN5O4. The quantitative estimate of drug-likeness (QED) is 0.264. The van der Waals surface area contributed by atoms with Gasteiger partial charge in [-0.15, -0.1) is 0 Å². The fourth-order valence-corrected chi connectivity index (χ4v) is 3.94. The van der Waals surface area contributed by atoms with Crippen LogP contribution in [0, 0.1) is 5.82 Å². The van der Waals surface area contributed by atoms with E-state index in [-0.39, 0.29) is 23.8 Å². The Hall–Kier alpha value is -4.70. The van der Waals surface area contributed by atoms with E-state index in [1.54, 1.807) is 48.5 Å². The van der Waals surface area contributed by atoms with E-state index in [1.165, 1.54) is 18.2 Å². The van der Waals surface area contributed by atoms with Gasteiger partial charge in [0, 0.05) is 16.0 Å². The van der Waals surface area contributed by atoms with Crippen molar-refractivity contribution in [1.29, 1.82) is 0 Å². The first-order chi connectivity index (χ1) is 17.4. The Morgan fingerprint density at radius 3 is 2.58 bits per heavy atom. The van der Waals surface area contributed by atoms with E-state index in [2.05, 4.69) is 30.3 Å². The molecule has 11 heteroatoms. The first-order valence-electron chi connectivity index (χ1n) is 10.7. The molecule has 4 N–H and O–H groups in total. The summed E-state index contributed by atoms with van der Waals surface area (Å²) in [6.45, 7) is 0. The Balaban J connectivity index is 1.38. The largest absolute Gasteiger partial charge is 0.439 e. The molecule has 0 bridgehead atoms. The average Bonchev–Trinajstić information content (AvgIpc) is 3.47. The maximum absolute atomic E-state index is 13.4. The van der Waals surface area contributed by atoms with Gasteiger partial charge in [0.05, 0.1) is 23.3 Å². The summed E-state index contributed by atoms with van der Waals surface area (Å²) in [5.74, 6) is -1.86. The smallest absolute Gasteiger partial charge is 0.349 e. The maximum Gasteiger partial charge on any atom is 0.439 e. The van der Waals surface area contributed by atoms with Crippen LogP contribution < -0.4 is 16.4 Å². The zero-order chi connectivity index (χ0) is 25.2. The van der Waals surface area contributed by atoms with Crippen LogP contribution in [0.3, 0.4) is 0 Å². The molecule has 2 amide bonds. The van der Waals surface area contributed by atoms with Gasteiger partial charge in [0.1, 0.15) is 11.5 Å². The first-order valence-corrected chi connectivity index (χ1v) is 11.1. The maximum atomic E-state index is 13.4. The Morgan fingerprint density at radius 2 is 1.81 bits per heavy atom. The van der Waals surface area contributed by atoms with E-state index in [4.69, 9.17) is 11.6 Å². The topological polar surface area (TPSA) is 133 Å². The summed E-state index contributed by atoms with van der Waals surface area (Å²) in [4.78, 5) is 42.4. The molecule has 0 radical (unpaired) electrons. The number of hydrogen-bond donors (Lipinski definition) is 4. The summed E-state index contributed by atoms with van der Waals surface area (Å²) in [6.07, 6.45) is -0.00825. The predicted molar refractivity (Wildman–Crippen MR) is 133 cm³/mol. The number of halogens is 2. The second kappa shape index (κ2) is 9.51. The number of nitrogens with one attached hydrogen (secondary N) is 4. The number of carbonyl (C=O) groups excluding carboxylic acids is 2. The minimum Gasteiger partial charge on any atom is -0.349 e. The monoisotopic (exact) mass is 505 g/mol. The number of rotatable bonds is 6. The van der Waals surface area contributed by atoms with Gasteiger partial charge in [0.2, 0.25) is 5.91 Å². The molecular weight excluding hydrogens is 489 g/mol. The lowest BCUT2D eigenvalue weighted by atomic mass is 10.1. The van der Waals surface area contributed by atoms with Crippen LogP contribution in [0.4, 0.5) is 15.8 Å². The zero-order valence-corrected chi connectivity index (χ0v) is 19.2. The molecule has 180 valence electrons. The first kappa shape index (κ1) is 23.1. The van der Waals surface area contributed by atoms with E-state index >= 15 is 0 Å². The van der Waals surface area contributed by atoms with Crippen molar-refractivity contribution in [3.63, 3.8) is 0 Å². The average molecular weight is 506 g/mol. The minimum absolute atomic E-state index is 0.00825. The molecule has 36 heavy (non-hydrogen) atoms. The molecule has 2 heterocycles. The number of H-pyrrole nitrogens is 2. The molecule has 0 aliphatic heterocycles. The molecule has 5 rings (SSSR count). The standard InChI is InChI=1S/C25H17ClFN5O4/c26-15-7-8-18(17(12-15)23-31-25(35)36-32-23)30-24(34)20-11-14-4-2-6-19(22(14)29-20)28-21(33)10-13-3-1-5-16(27)9-13/h1-9,11-12,29H,10H2,(H,28,33)(H,30,34)(H,31,32,35). The van der Waals surface area contributed by atoms with Gasteiger partial charge in [0.15, 0.2) is 5.82 Å². The Morgan fingerprint density at radius 1 is 0.972 bits per heavy atom. The lowest BCUT2D eigenvalue weighted by Crippen LogP contribution is -2.15. The van der Waals surface area contributed by atoms with E-state index in [1.807, 2.05) is 0 Å². The van der Waals surface area contributed by atoms with E-state index in [0.29, 0.717) is 38.4 Å². The highest BCUT2D eigenvalue weighted by molar-refractivity contribution is 6.31.